The minimum absolute atomic E-state index is 0.656. The number of nitrogens with zero attached hydrogens (tertiary/aromatic N) is 2. The molecule has 4 aromatic rings. The monoisotopic (exact) mass is 347 g/mol. The Bertz CT molecular complexity index is 992. The van der Waals surface area contributed by atoms with E-state index in [-0.39, 0.29) is 0 Å². The van der Waals surface area contributed by atoms with Gasteiger partial charge in [0.25, 0.3) is 0 Å². The topological polar surface area (TPSA) is 29.9 Å². The van der Waals surface area contributed by atoms with E-state index in [1.165, 1.54) is 0 Å². The van der Waals surface area contributed by atoms with Gasteiger partial charge in [-0.25, -0.2) is 4.98 Å². The molecule has 0 unspecified atom stereocenters. The highest BCUT2D eigenvalue weighted by Crippen LogP contribution is 2.22. The van der Waals surface area contributed by atoms with Crippen molar-refractivity contribution in [3.63, 3.8) is 0 Å². The first-order chi connectivity index (χ1) is 12.3. The molecule has 3 aromatic carbocycles. The largest absolute Gasteiger partial charge is 0.378 e. The summed E-state index contributed by atoms with van der Waals surface area (Å²) < 4.78 is 2.23. The van der Waals surface area contributed by atoms with E-state index in [9.17, 15) is 0 Å². The van der Waals surface area contributed by atoms with Crippen LogP contribution in [0.1, 0.15) is 11.4 Å². The third kappa shape index (κ3) is 3.37. The molecule has 0 aliphatic heterocycles. The van der Waals surface area contributed by atoms with Gasteiger partial charge in [0.1, 0.15) is 5.82 Å². The molecule has 1 heterocycles. The lowest BCUT2D eigenvalue weighted by molar-refractivity contribution is 0.757. The van der Waals surface area contributed by atoms with Gasteiger partial charge in [0, 0.05) is 10.7 Å². The first kappa shape index (κ1) is 15.7. The van der Waals surface area contributed by atoms with Crippen molar-refractivity contribution in [1.82, 2.24) is 9.55 Å². The Labute approximate surface area is 151 Å². The third-order valence-electron chi connectivity index (χ3n) is 4.24. The van der Waals surface area contributed by atoms with E-state index < -0.39 is 0 Å². The molecule has 0 aliphatic rings. The maximum absolute atomic E-state index is 6.37. The zero-order chi connectivity index (χ0) is 17.1. The highest BCUT2D eigenvalue weighted by Gasteiger charge is 2.12. The summed E-state index contributed by atoms with van der Waals surface area (Å²) in [4.78, 5) is 4.81. The lowest BCUT2D eigenvalue weighted by Crippen LogP contribution is -2.10. The van der Waals surface area contributed by atoms with E-state index in [0.29, 0.717) is 13.1 Å². The standard InChI is InChI=1S/C21H18ClN3/c22-18-11-5-4-8-16(18)15-25-20-13-7-6-12-19(20)24-21(25)14-23-17-9-2-1-3-10-17/h1-13,23H,14-15H2. The fourth-order valence-electron chi connectivity index (χ4n) is 2.97. The van der Waals surface area contributed by atoms with Crippen molar-refractivity contribution in [3.8, 4) is 0 Å². The number of nitrogens with one attached hydrogen (secondary N) is 1. The maximum atomic E-state index is 6.37. The summed E-state index contributed by atoms with van der Waals surface area (Å²) in [6.45, 7) is 1.36. The molecule has 1 aromatic heterocycles. The Morgan fingerprint density at radius 3 is 2.40 bits per heavy atom. The summed E-state index contributed by atoms with van der Waals surface area (Å²) in [5.74, 6) is 0.991. The molecule has 0 amide bonds. The number of halogens is 1. The summed E-state index contributed by atoms with van der Waals surface area (Å²) in [5.41, 5.74) is 4.29. The average Bonchev–Trinajstić information content (AvgIpc) is 3.00. The average molecular weight is 348 g/mol. The molecule has 1 N–H and O–H groups in total. The van der Waals surface area contributed by atoms with Gasteiger partial charge in [-0.1, -0.05) is 60.1 Å². The Kier molecular flexibility index (Phi) is 4.40. The molecule has 0 atom stereocenters. The van der Waals surface area contributed by atoms with Crippen LogP contribution in [0.15, 0.2) is 78.9 Å². The summed E-state index contributed by atoms with van der Waals surface area (Å²) in [5, 5.41) is 4.23. The second-order valence-electron chi connectivity index (χ2n) is 5.91. The van der Waals surface area contributed by atoms with Crippen LogP contribution in [-0.4, -0.2) is 9.55 Å². The lowest BCUT2D eigenvalue weighted by atomic mass is 10.2. The van der Waals surface area contributed by atoms with Gasteiger partial charge in [-0.2, -0.15) is 0 Å². The molecule has 0 spiro atoms. The predicted octanol–water partition coefficient (Wildman–Crippen LogP) is 5.35. The number of fused-ring (bicyclic) bond motifs is 1. The van der Waals surface area contributed by atoms with Crippen molar-refractivity contribution in [2.24, 2.45) is 0 Å². The number of anilines is 1. The number of imidazole rings is 1. The van der Waals surface area contributed by atoms with E-state index in [4.69, 9.17) is 16.6 Å². The van der Waals surface area contributed by atoms with Gasteiger partial charge in [-0.05, 0) is 35.9 Å². The van der Waals surface area contributed by atoms with Crippen molar-refractivity contribution in [2.45, 2.75) is 13.1 Å². The highest BCUT2D eigenvalue weighted by molar-refractivity contribution is 6.31. The molecular formula is C21H18ClN3. The summed E-state index contributed by atoms with van der Waals surface area (Å²) in [7, 11) is 0. The van der Waals surface area contributed by atoms with Crippen LogP contribution in [-0.2, 0) is 13.1 Å². The van der Waals surface area contributed by atoms with Crippen molar-refractivity contribution in [3.05, 3.63) is 95.3 Å². The Morgan fingerprint density at radius 2 is 1.56 bits per heavy atom. The molecule has 0 radical (unpaired) electrons. The zero-order valence-corrected chi connectivity index (χ0v) is 14.4. The summed E-state index contributed by atoms with van der Waals surface area (Å²) in [6, 6.07) is 26.3. The maximum Gasteiger partial charge on any atom is 0.129 e. The first-order valence-corrected chi connectivity index (χ1v) is 8.65. The van der Waals surface area contributed by atoms with Crippen LogP contribution in [0.2, 0.25) is 5.02 Å². The molecule has 0 bridgehead atoms. The van der Waals surface area contributed by atoms with Crippen LogP contribution >= 0.6 is 11.6 Å². The first-order valence-electron chi connectivity index (χ1n) is 8.28. The molecule has 0 aliphatic carbocycles. The number of benzene rings is 3. The van der Waals surface area contributed by atoms with Gasteiger partial charge in [0.15, 0.2) is 0 Å². The fourth-order valence-corrected chi connectivity index (χ4v) is 3.17. The smallest absolute Gasteiger partial charge is 0.129 e. The van der Waals surface area contributed by atoms with Crippen LogP contribution in [0.5, 0.6) is 0 Å². The Hall–Kier alpha value is -2.78. The van der Waals surface area contributed by atoms with E-state index in [1.807, 2.05) is 54.6 Å². The van der Waals surface area contributed by atoms with Crippen molar-refractivity contribution < 1.29 is 0 Å². The zero-order valence-electron chi connectivity index (χ0n) is 13.7. The van der Waals surface area contributed by atoms with Crippen molar-refractivity contribution in [2.75, 3.05) is 5.32 Å². The Morgan fingerprint density at radius 1 is 0.840 bits per heavy atom. The van der Waals surface area contributed by atoms with Crippen LogP contribution in [0, 0.1) is 0 Å². The number of aromatic nitrogens is 2. The third-order valence-corrected chi connectivity index (χ3v) is 4.61. The fraction of sp³-hybridized carbons (Fsp3) is 0.0952. The molecule has 124 valence electrons. The summed E-state index contributed by atoms with van der Waals surface area (Å²) >= 11 is 6.37. The van der Waals surface area contributed by atoms with Crippen molar-refractivity contribution >= 4 is 28.3 Å². The van der Waals surface area contributed by atoms with Gasteiger partial charge in [-0.3, -0.25) is 0 Å². The molecule has 3 nitrogen and oxygen atoms in total. The lowest BCUT2D eigenvalue weighted by Gasteiger charge is -2.12. The van der Waals surface area contributed by atoms with E-state index in [0.717, 1.165) is 33.1 Å². The van der Waals surface area contributed by atoms with E-state index in [1.54, 1.807) is 0 Å². The van der Waals surface area contributed by atoms with E-state index >= 15 is 0 Å². The van der Waals surface area contributed by atoms with Crippen LogP contribution in [0.3, 0.4) is 0 Å². The quantitative estimate of drug-likeness (QED) is 0.527. The molecule has 25 heavy (non-hydrogen) atoms. The van der Waals surface area contributed by atoms with Gasteiger partial charge >= 0.3 is 0 Å². The second kappa shape index (κ2) is 6.99. The number of hydrogen-bond acceptors (Lipinski definition) is 2. The molecule has 4 rings (SSSR count). The van der Waals surface area contributed by atoms with Gasteiger partial charge in [0.2, 0.25) is 0 Å². The predicted molar refractivity (Wildman–Crippen MR) is 104 cm³/mol. The van der Waals surface area contributed by atoms with Gasteiger partial charge in [-0.15, -0.1) is 0 Å². The van der Waals surface area contributed by atoms with Crippen LogP contribution in [0.25, 0.3) is 11.0 Å². The summed E-state index contributed by atoms with van der Waals surface area (Å²) in [6.07, 6.45) is 0. The molecule has 0 fully saturated rings. The highest BCUT2D eigenvalue weighted by atomic mass is 35.5. The minimum atomic E-state index is 0.656. The molecular weight excluding hydrogens is 330 g/mol. The molecule has 0 saturated heterocycles. The number of para-hydroxylation sites is 3. The molecule has 0 saturated carbocycles. The number of hydrogen-bond donors (Lipinski definition) is 1. The van der Waals surface area contributed by atoms with Crippen LogP contribution < -0.4 is 5.32 Å². The minimum Gasteiger partial charge on any atom is -0.378 e. The van der Waals surface area contributed by atoms with E-state index in [2.05, 4.69) is 34.1 Å². The normalized spacial score (nSPS) is 10.9. The second-order valence-corrected chi connectivity index (χ2v) is 6.32. The van der Waals surface area contributed by atoms with Crippen LogP contribution in [0.4, 0.5) is 5.69 Å². The SMILES string of the molecule is Clc1ccccc1Cn1c(CNc2ccccc2)nc2ccccc21. The number of rotatable bonds is 5. The Balaban J connectivity index is 1.69. The van der Waals surface area contributed by atoms with Gasteiger partial charge < -0.3 is 9.88 Å². The molecule has 4 heteroatoms. The van der Waals surface area contributed by atoms with Gasteiger partial charge in [0.05, 0.1) is 24.1 Å². The van der Waals surface area contributed by atoms with Crippen molar-refractivity contribution in [1.29, 1.82) is 0 Å².